The number of ether oxygens (including phenoxy) is 1. The Morgan fingerprint density at radius 3 is 2.84 bits per heavy atom. The largest absolute Gasteiger partial charge is 0.495 e. The van der Waals surface area contributed by atoms with Gasteiger partial charge in [0.25, 0.3) is 0 Å². The standard InChI is InChI=1S/C19H20N2O3S/c1-3-17(22)20-14-8-6-7-13(11-14)19-21(18(23)12-25-19)15-9-4-5-10-16(15)24-2/h4-11,19H,3,12H2,1-2H3,(H,20,22). The molecule has 0 spiro atoms. The predicted octanol–water partition coefficient (Wildman–Crippen LogP) is 3.82. The van der Waals surface area contributed by atoms with Gasteiger partial charge in [-0.2, -0.15) is 0 Å². The summed E-state index contributed by atoms with van der Waals surface area (Å²) in [5.41, 5.74) is 2.47. The molecule has 5 nitrogen and oxygen atoms in total. The molecule has 0 saturated carbocycles. The number of hydrogen-bond acceptors (Lipinski definition) is 4. The molecule has 1 heterocycles. The average Bonchev–Trinajstić information content (AvgIpc) is 3.03. The lowest BCUT2D eigenvalue weighted by Crippen LogP contribution is -2.28. The molecular formula is C19H20N2O3S. The van der Waals surface area contributed by atoms with Crippen LogP contribution in [0.2, 0.25) is 0 Å². The molecule has 0 bridgehead atoms. The second-order valence-electron chi connectivity index (χ2n) is 5.63. The Kier molecular flexibility index (Phi) is 5.28. The van der Waals surface area contributed by atoms with Crippen molar-refractivity contribution in [2.24, 2.45) is 0 Å². The molecule has 1 N–H and O–H groups in total. The summed E-state index contributed by atoms with van der Waals surface area (Å²) >= 11 is 1.57. The fraction of sp³-hybridized carbons (Fsp3) is 0.263. The van der Waals surface area contributed by atoms with E-state index >= 15 is 0 Å². The van der Waals surface area contributed by atoms with E-state index in [1.165, 1.54) is 0 Å². The van der Waals surface area contributed by atoms with E-state index in [1.54, 1.807) is 23.8 Å². The van der Waals surface area contributed by atoms with Crippen LogP contribution >= 0.6 is 11.8 Å². The topological polar surface area (TPSA) is 58.6 Å². The van der Waals surface area contributed by atoms with E-state index in [1.807, 2.05) is 55.5 Å². The summed E-state index contributed by atoms with van der Waals surface area (Å²) in [5, 5.41) is 2.72. The summed E-state index contributed by atoms with van der Waals surface area (Å²) in [6, 6.07) is 15.1. The zero-order chi connectivity index (χ0) is 17.8. The van der Waals surface area contributed by atoms with Crippen LogP contribution in [0.15, 0.2) is 48.5 Å². The van der Waals surface area contributed by atoms with Gasteiger partial charge in [0.2, 0.25) is 11.8 Å². The van der Waals surface area contributed by atoms with Crippen molar-refractivity contribution in [1.29, 1.82) is 0 Å². The molecule has 1 unspecified atom stereocenters. The maximum absolute atomic E-state index is 12.5. The highest BCUT2D eigenvalue weighted by molar-refractivity contribution is 8.00. The van der Waals surface area contributed by atoms with E-state index < -0.39 is 0 Å². The molecule has 6 heteroatoms. The van der Waals surface area contributed by atoms with Crippen molar-refractivity contribution in [1.82, 2.24) is 0 Å². The average molecular weight is 356 g/mol. The van der Waals surface area contributed by atoms with E-state index in [4.69, 9.17) is 4.74 Å². The fourth-order valence-electron chi connectivity index (χ4n) is 2.78. The predicted molar refractivity (Wildman–Crippen MR) is 101 cm³/mol. The quantitative estimate of drug-likeness (QED) is 0.885. The first kappa shape index (κ1) is 17.4. The van der Waals surface area contributed by atoms with Gasteiger partial charge < -0.3 is 10.1 Å². The number of anilines is 2. The minimum atomic E-state index is -0.151. The van der Waals surface area contributed by atoms with E-state index in [2.05, 4.69) is 5.32 Å². The Bertz CT molecular complexity index is 794. The number of hydrogen-bond donors (Lipinski definition) is 1. The van der Waals surface area contributed by atoms with E-state index in [9.17, 15) is 9.59 Å². The van der Waals surface area contributed by atoms with E-state index in [-0.39, 0.29) is 17.2 Å². The van der Waals surface area contributed by atoms with Gasteiger partial charge in [-0.15, -0.1) is 11.8 Å². The lowest BCUT2D eigenvalue weighted by Gasteiger charge is -2.26. The molecule has 25 heavy (non-hydrogen) atoms. The van der Waals surface area contributed by atoms with Gasteiger partial charge in [0.1, 0.15) is 11.1 Å². The first-order valence-electron chi connectivity index (χ1n) is 8.10. The van der Waals surface area contributed by atoms with Crippen LogP contribution < -0.4 is 15.0 Å². The summed E-state index contributed by atoms with van der Waals surface area (Å²) in [7, 11) is 1.60. The normalized spacial score (nSPS) is 16.8. The van der Waals surface area contributed by atoms with Gasteiger partial charge in [0, 0.05) is 12.1 Å². The maximum Gasteiger partial charge on any atom is 0.238 e. The minimum Gasteiger partial charge on any atom is -0.495 e. The maximum atomic E-state index is 12.5. The number of thioether (sulfide) groups is 1. The molecule has 1 atom stereocenters. The Morgan fingerprint density at radius 1 is 1.28 bits per heavy atom. The summed E-state index contributed by atoms with van der Waals surface area (Å²) in [6.45, 7) is 1.81. The Hall–Kier alpha value is -2.47. The molecule has 130 valence electrons. The van der Waals surface area contributed by atoms with Crippen molar-refractivity contribution in [3.63, 3.8) is 0 Å². The SMILES string of the molecule is CCC(=O)Nc1cccc(C2SCC(=O)N2c2ccccc2OC)c1. The molecule has 2 aromatic carbocycles. The molecule has 0 aliphatic carbocycles. The van der Waals surface area contributed by atoms with Crippen LogP contribution in [-0.4, -0.2) is 24.7 Å². The summed E-state index contributed by atoms with van der Waals surface area (Å²) < 4.78 is 5.42. The van der Waals surface area contributed by atoms with Gasteiger partial charge in [0.05, 0.1) is 18.6 Å². The van der Waals surface area contributed by atoms with Gasteiger partial charge in [-0.3, -0.25) is 14.5 Å². The minimum absolute atomic E-state index is 0.0334. The third kappa shape index (κ3) is 3.64. The van der Waals surface area contributed by atoms with E-state index in [0.29, 0.717) is 17.9 Å². The van der Waals surface area contributed by atoms with Crippen LogP contribution in [0.5, 0.6) is 5.75 Å². The van der Waals surface area contributed by atoms with Gasteiger partial charge >= 0.3 is 0 Å². The molecule has 0 aromatic heterocycles. The second-order valence-corrected chi connectivity index (χ2v) is 6.69. The van der Waals surface area contributed by atoms with Crippen molar-refractivity contribution >= 4 is 35.0 Å². The van der Waals surface area contributed by atoms with Crippen molar-refractivity contribution in [2.75, 3.05) is 23.1 Å². The van der Waals surface area contributed by atoms with Crippen LogP contribution in [0.3, 0.4) is 0 Å². The molecule has 1 saturated heterocycles. The molecule has 2 amide bonds. The molecule has 2 aromatic rings. The Labute approximate surface area is 151 Å². The van der Waals surface area contributed by atoms with E-state index in [0.717, 1.165) is 16.9 Å². The second kappa shape index (κ2) is 7.61. The highest BCUT2D eigenvalue weighted by atomic mass is 32.2. The summed E-state index contributed by atoms with van der Waals surface area (Å²) in [4.78, 5) is 25.9. The summed E-state index contributed by atoms with van der Waals surface area (Å²) in [5.74, 6) is 1.09. The lowest BCUT2D eigenvalue weighted by atomic mass is 10.1. The first-order valence-corrected chi connectivity index (χ1v) is 9.15. The van der Waals surface area contributed by atoms with Crippen LogP contribution in [-0.2, 0) is 9.59 Å². The smallest absolute Gasteiger partial charge is 0.238 e. The first-order chi connectivity index (χ1) is 12.1. The number of para-hydroxylation sites is 2. The Balaban J connectivity index is 1.94. The molecule has 1 aliphatic rings. The molecule has 0 radical (unpaired) electrons. The molecule has 3 rings (SSSR count). The fourth-order valence-corrected chi connectivity index (χ4v) is 3.94. The zero-order valence-corrected chi connectivity index (χ0v) is 15.0. The third-order valence-electron chi connectivity index (χ3n) is 3.99. The van der Waals surface area contributed by atoms with Crippen LogP contribution in [0, 0.1) is 0 Å². The third-order valence-corrected chi connectivity index (χ3v) is 5.20. The van der Waals surface area contributed by atoms with Gasteiger partial charge in [-0.25, -0.2) is 0 Å². The molecule has 1 fully saturated rings. The Morgan fingerprint density at radius 2 is 2.08 bits per heavy atom. The number of benzene rings is 2. The number of methoxy groups -OCH3 is 1. The van der Waals surface area contributed by atoms with Gasteiger partial charge in [-0.05, 0) is 29.8 Å². The monoisotopic (exact) mass is 356 g/mol. The van der Waals surface area contributed by atoms with Crippen LogP contribution in [0.1, 0.15) is 24.3 Å². The van der Waals surface area contributed by atoms with Crippen molar-refractivity contribution in [3.05, 3.63) is 54.1 Å². The van der Waals surface area contributed by atoms with Crippen LogP contribution in [0.4, 0.5) is 11.4 Å². The number of carbonyl (C=O) groups is 2. The van der Waals surface area contributed by atoms with Gasteiger partial charge in [0.15, 0.2) is 0 Å². The van der Waals surface area contributed by atoms with Crippen molar-refractivity contribution in [3.8, 4) is 5.75 Å². The highest BCUT2D eigenvalue weighted by Gasteiger charge is 2.35. The van der Waals surface area contributed by atoms with Crippen LogP contribution in [0.25, 0.3) is 0 Å². The van der Waals surface area contributed by atoms with Crippen molar-refractivity contribution < 1.29 is 14.3 Å². The number of nitrogens with one attached hydrogen (secondary N) is 1. The number of nitrogens with zero attached hydrogens (tertiary/aromatic N) is 1. The highest BCUT2D eigenvalue weighted by Crippen LogP contribution is 2.45. The number of rotatable bonds is 5. The number of amides is 2. The molecule has 1 aliphatic heterocycles. The zero-order valence-electron chi connectivity index (χ0n) is 14.2. The van der Waals surface area contributed by atoms with Gasteiger partial charge in [-0.1, -0.05) is 31.2 Å². The summed E-state index contributed by atoms with van der Waals surface area (Å²) in [6.07, 6.45) is 0.425. The van der Waals surface area contributed by atoms with Crippen molar-refractivity contribution in [2.45, 2.75) is 18.7 Å². The number of carbonyl (C=O) groups excluding carboxylic acids is 2. The molecular weight excluding hydrogens is 336 g/mol. The lowest BCUT2D eigenvalue weighted by molar-refractivity contribution is -0.116.